The van der Waals surface area contributed by atoms with Gasteiger partial charge in [0.2, 0.25) is 5.82 Å². The molecule has 0 saturated heterocycles. The number of nitro groups is 1. The van der Waals surface area contributed by atoms with Gasteiger partial charge in [-0.15, -0.1) is 0 Å². The van der Waals surface area contributed by atoms with Crippen LogP contribution in [0.25, 0.3) is 0 Å². The molecule has 0 atom stereocenters. The smallest absolute Gasteiger partial charge is 0.305 e. The van der Waals surface area contributed by atoms with E-state index in [4.69, 9.17) is 0 Å². The Bertz CT molecular complexity index is 614. The van der Waals surface area contributed by atoms with Gasteiger partial charge in [0.05, 0.1) is 9.67 Å². The first-order chi connectivity index (χ1) is 9.06. The molecular formula is C12H17FN2O4S. The molecule has 0 bridgehead atoms. The summed E-state index contributed by atoms with van der Waals surface area (Å²) in [6.07, 6.45) is 1.13. The average molecular weight is 304 g/mol. The van der Waals surface area contributed by atoms with Crippen LogP contribution in [0, 0.1) is 15.9 Å². The highest BCUT2D eigenvalue weighted by molar-refractivity contribution is 7.92. The number of rotatable bonds is 6. The minimum absolute atomic E-state index is 0.0203. The van der Waals surface area contributed by atoms with E-state index in [0.29, 0.717) is 0 Å². The highest BCUT2D eigenvalue weighted by atomic mass is 32.2. The van der Waals surface area contributed by atoms with E-state index in [9.17, 15) is 22.9 Å². The van der Waals surface area contributed by atoms with Gasteiger partial charge in [0, 0.05) is 31.0 Å². The Morgan fingerprint density at radius 3 is 2.50 bits per heavy atom. The molecule has 0 unspecified atom stereocenters. The molecule has 0 aliphatic rings. The average Bonchev–Trinajstić information content (AvgIpc) is 2.29. The standard InChI is InChI=1S/C12H17FN2O4S/c1-12(2,20(3,18)19)8-14-7-9-5-4-6-10(11(9)13)15(16)17/h4-6,14H,7-8H2,1-3H3. The van der Waals surface area contributed by atoms with Crippen molar-refractivity contribution in [3.8, 4) is 0 Å². The van der Waals surface area contributed by atoms with Crippen molar-refractivity contribution in [1.82, 2.24) is 5.32 Å². The maximum atomic E-state index is 13.8. The number of nitrogens with zero attached hydrogens (tertiary/aromatic N) is 1. The molecule has 0 fully saturated rings. The third kappa shape index (κ3) is 3.73. The zero-order valence-corrected chi connectivity index (χ0v) is 12.3. The van der Waals surface area contributed by atoms with E-state index in [0.717, 1.165) is 12.3 Å². The Kier molecular flexibility index (Phi) is 4.82. The summed E-state index contributed by atoms with van der Waals surface area (Å²) in [4.78, 5) is 9.81. The molecule has 1 aromatic carbocycles. The van der Waals surface area contributed by atoms with E-state index < -0.39 is 31.0 Å². The molecule has 0 aliphatic heterocycles. The van der Waals surface area contributed by atoms with Crippen molar-refractivity contribution >= 4 is 15.5 Å². The van der Waals surface area contributed by atoms with E-state index in [1.54, 1.807) is 13.8 Å². The molecular weight excluding hydrogens is 287 g/mol. The molecule has 8 heteroatoms. The Morgan fingerprint density at radius 2 is 2.00 bits per heavy atom. The van der Waals surface area contributed by atoms with Crippen LogP contribution in [0.1, 0.15) is 19.4 Å². The molecule has 0 radical (unpaired) electrons. The maximum Gasteiger partial charge on any atom is 0.305 e. The lowest BCUT2D eigenvalue weighted by Gasteiger charge is -2.22. The summed E-state index contributed by atoms with van der Waals surface area (Å²) in [6, 6.07) is 3.89. The van der Waals surface area contributed by atoms with E-state index in [-0.39, 0.29) is 18.7 Å². The van der Waals surface area contributed by atoms with Gasteiger partial charge in [0.1, 0.15) is 0 Å². The van der Waals surface area contributed by atoms with Crippen molar-refractivity contribution in [2.24, 2.45) is 0 Å². The number of hydrogen-bond acceptors (Lipinski definition) is 5. The van der Waals surface area contributed by atoms with Gasteiger partial charge < -0.3 is 5.32 Å². The Labute approximate surface area is 117 Å². The van der Waals surface area contributed by atoms with Gasteiger partial charge in [-0.05, 0) is 13.8 Å². The van der Waals surface area contributed by atoms with Crippen LogP contribution in [0.5, 0.6) is 0 Å². The molecule has 0 spiro atoms. The third-order valence-corrected chi connectivity index (χ3v) is 5.28. The summed E-state index contributed by atoms with van der Waals surface area (Å²) in [6.45, 7) is 3.25. The quantitative estimate of drug-likeness (QED) is 0.637. The molecule has 1 aromatic rings. The lowest BCUT2D eigenvalue weighted by Crippen LogP contribution is -2.41. The van der Waals surface area contributed by atoms with Crippen molar-refractivity contribution in [2.45, 2.75) is 25.1 Å². The fourth-order valence-electron chi connectivity index (χ4n) is 1.47. The van der Waals surface area contributed by atoms with Gasteiger partial charge in [0.25, 0.3) is 0 Å². The SMILES string of the molecule is CC(C)(CNCc1cccc([N+](=O)[O-])c1F)S(C)(=O)=O. The fourth-order valence-corrected chi connectivity index (χ4v) is 1.84. The first-order valence-electron chi connectivity index (χ1n) is 5.88. The first-order valence-corrected chi connectivity index (χ1v) is 7.77. The fraction of sp³-hybridized carbons (Fsp3) is 0.500. The van der Waals surface area contributed by atoms with Gasteiger partial charge >= 0.3 is 5.69 Å². The topological polar surface area (TPSA) is 89.3 Å². The van der Waals surface area contributed by atoms with Crippen LogP contribution < -0.4 is 5.32 Å². The molecule has 0 aromatic heterocycles. The highest BCUT2D eigenvalue weighted by Crippen LogP contribution is 2.20. The Hall–Kier alpha value is -1.54. The summed E-state index contributed by atoms with van der Waals surface area (Å²) < 4.78 is 35.8. The van der Waals surface area contributed by atoms with E-state index in [2.05, 4.69) is 5.32 Å². The maximum absolute atomic E-state index is 13.8. The van der Waals surface area contributed by atoms with Crippen molar-refractivity contribution in [1.29, 1.82) is 0 Å². The second kappa shape index (κ2) is 5.84. The number of nitro benzene ring substituents is 1. The predicted molar refractivity (Wildman–Crippen MR) is 73.7 cm³/mol. The Morgan fingerprint density at radius 1 is 1.40 bits per heavy atom. The molecule has 0 heterocycles. The molecule has 20 heavy (non-hydrogen) atoms. The van der Waals surface area contributed by atoms with Crippen LogP contribution in [0.4, 0.5) is 10.1 Å². The Balaban J connectivity index is 2.78. The summed E-state index contributed by atoms with van der Waals surface area (Å²) in [5.74, 6) is -0.901. The van der Waals surface area contributed by atoms with Crippen molar-refractivity contribution in [2.75, 3.05) is 12.8 Å². The number of halogens is 1. The third-order valence-electron chi connectivity index (χ3n) is 3.12. The number of benzene rings is 1. The van der Waals surface area contributed by atoms with Crippen LogP contribution in [-0.2, 0) is 16.4 Å². The van der Waals surface area contributed by atoms with Crippen molar-refractivity contribution in [3.63, 3.8) is 0 Å². The van der Waals surface area contributed by atoms with Crippen LogP contribution >= 0.6 is 0 Å². The largest absolute Gasteiger partial charge is 0.311 e. The highest BCUT2D eigenvalue weighted by Gasteiger charge is 2.29. The summed E-state index contributed by atoms with van der Waals surface area (Å²) in [5.41, 5.74) is -0.463. The molecule has 0 aliphatic carbocycles. The minimum Gasteiger partial charge on any atom is -0.311 e. The molecule has 0 saturated carbocycles. The minimum atomic E-state index is -3.25. The van der Waals surface area contributed by atoms with Gasteiger partial charge in [-0.3, -0.25) is 10.1 Å². The van der Waals surface area contributed by atoms with Gasteiger partial charge in [0.15, 0.2) is 9.84 Å². The van der Waals surface area contributed by atoms with Crippen LogP contribution in [-0.4, -0.2) is 30.9 Å². The molecule has 0 amide bonds. The van der Waals surface area contributed by atoms with Crippen LogP contribution in [0.15, 0.2) is 18.2 Å². The molecule has 6 nitrogen and oxygen atoms in total. The number of nitrogens with one attached hydrogen (secondary N) is 1. The van der Waals surface area contributed by atoms with Crippen molar-refractivity contribution in [3.05, 3.63) is 39.7 Å². The van der Waals surface area contributed by atoms with Gasteiger partial charge in [-0.2, -0.15) is 4.39 Å². The lowest BCUT2D eigenvalue weighted by molar-refractivity contribution is -0.387. The summed E-state index contributed by atoms with van der Waals surface area (Å²) >= 11 is 0. The van der Waals surface area contributed by atoms with Gasteiger partial charge in [-0.25, -0.2) is 8.42 Å². The van der Waals surface area contributed by atoms with Crippen molar-refractivity contribution < 1.29 is 17.7 Å². The number of hydrogen-bond donors (Lipinski definition) is 1. The van der Waals surface area contributed by atoms with E-state index >= 15 is 0 Å². The summed E-state index contributed by atoms with van der Waals surface area (Å²) in [7, 11) is -3.25. The van der Waals surface area contributed by atoms with E-state index in [1.807, 2.05) is 0 Å². The lowest BCUT2D eigenvalue weighted by atomic mass is 10.1. The zero-order valence-electron chi connectivity index (χ0n) is 11.5. The second-order valence-electron chi connectivity index (χ2n) is 5.14. The van der Waals surface area contributed by atoms with E-state index in [1.165, 1.54) is 12.1 Å². The van der Waals surface area contributed by atoms with Gasteiger partial charge in [-0.1, -0.05) is 12.1 Å². The normalized spacial score (nSPS) is 12.4. The van der Waals surface area contributed by atoms with Crippen LogP contribution in [0.2, 0.25) is 0 Å². The number of sulfone groups is 1. The first kappa shape index (κ1) is 16.5. The molecule has 112 valence electrons. The zero-order chi connectivity index (χ0) is 15.6. The molecule has 1 N–H and O–H groups in total. The monoisotopic (exact) mass is 304 g/mol. The summed E-state index contributed by atoms with van der Waals surface area (Å²) in [5, 5.41) is 13.4. The molecule has 1 rings (SSSR count). The van der Waals surface area contributed by atoms with Crippen LogP contribution in [0.3, 0.4) is 0 Å². The predicted octanol–water partition coefficient (Wildman–Crippen LogP) is 1.65. The second-order valence-corrected chi connectivity index (χ2v) is 7.79.